The maximum atomic E-state index is 6.07. The maximum Gasteiger partial charge on any atom is 0.0558 e. The molecule has 0 radical (unpaired) electrons. The SMILES string of the molecule is Cl.Clc1ccsc1CN1CCCNCC1. The lowest BCUT2D eigenvalue weighted by molar-refractivity contribution is 0.287. The zero-order valence-electron chi connectivity index (χ0n) is 8.54. The summed E-state index contributed by atoms with van der Waals surface area (Å²) >= 11 is 7.82. The van der Waals surface area contributed by atoms with Crippen molar-refractivity contribution in [3.8, 4) is 0 Å². The van der Waals surface area contributed by atoms with Gasteiger partial charge in [0.05, 0.1) is 5.02 Å². The van der Waals surface area contributed by atoms with Crippen molar-refractivity contribution >= 4 is 35.3 Å². The number of halogens is 2. The van der Waals surface area contributed by atoms with Crippen molar-refractivity contribution < 1.29 is 0 Å². The Labute approximate surface area is 106 Å². The highest BCUT2D eigenvalue weighted by atomic mass is 35.5. The first-order chi connectivity index (χ1) is 6.86. The van der Waals surface area contributed by atoms with Crippen LogP contribution in [0.4, 0.5) is 0 Å². The standard InChI is InChI=1S/C10H15ClN2S.ClH/c11-9-2-7-14-10(9)8-13-5-1-3-12-4-6-13;/h2,7,12H,1,3-6,8H2;1H. The zero-order chi connectivity index (χ0) is 9.80. The van der Waals surface area contributed by atoms with Crippen LogP contribution >= 0.6 is 35.3 Å². The van der Waals surface area contributed by atoms with Crippen LogP contribution in [0.2, 0.25) is 5.02 Å². The Morgan fingerprint density at radius 1 is 1.40 bits per heavy atom. The van der Waals surface area contributed by atoms with Gasteiger partial charge >= 0.3 is 0 Å². The van der Waals surface area contributed by atoms with Crippen LogP contribution in [0.3, 0.4) is 0 Å². The van der Waals surface area contributed by atoms with Gasteiger partial charge in [-0.3, -0.25) is 4.90 Å². The van der Waals surface area contributed by atoms with Crippen molar-refractivity contribution in [3.63, 3.8) is 0 Å². The van der Waals surface area contributed by atoms with Crippen LogP contribution in [0.1, 0.15) is 11.3 Å². The summed E-state index contributed by atoms with van der Waals surface area (Å²) in [5.41, 5.74) is 0. The number of hydrogen-bond donors (Lipinski definition) is 1. The molecule has 1 aromatic rings. The third kappa shape index (κ3) is 3.93. The topological polar surface area (TPSA) is 15.3 Å². The highest BCUT2D eigenvalue weighted by molar-refractivity contribution is 7.10. The van der Waals surface area contributed by atoms with Crippen LogP contribution < -0.4 is 5.32 Å². The minimum Gasteiger partial charge on any atom is -0.315 e. The smallest absolute Gasteiger partial charge is 0.0558 e. The summed E-state index contributed by atoms with van der Waals surface area (Å²) in [6, 6.07) is 1.98. The van der Waals surface area contributed by atoms with Crippen molar-refractivity contribution in [2.75, 3.05) is 26.2 Å². The van der Waals surface area contributed by atoms with Crippen molar-refractivity contribution in [1.82, 2.24) is 10.2 Å². The average Bonchev–Trinajstić information content (AvgIpc) is 2.44. The second-order valence-corrected chi connectivity index (χ2v) is 4.98. The first-order valence-electron chi connectivity index (χ1n) is 5.01. The van der Waals surface area contributed by atoms with E-state index in [1.165, 1.54) is 17.8 Å². The van der Waals surface area contributed by atoms with E-state index in [0.717, 1.165) is 31.2 Å². The third-order valence-electron chi connectivity index (χ3n) is 2.49. The van der Waals surface area contributed by atoms with E-state index in [1.54, 1.807) is 11.3 Å². The second-order valence-electron chi connectivity index (χ2n) is 3.57. The van der Waals surface area contributed by atoms with Gasteiger partial charge in [0, 0.05) is 24.5 Å². The lowest BCUT2D eigenvalue weighted by atomic mass is 10.3. The Morgan fingerprint density at radius 3 is 3.00 bits per heavy atom. The Hall–Kier alpha value is 0.200. The largest absolute Gasteiger partial charge is 0.315 e. The van der Waals surface area contributed by atoms with Gasteiger partial charge < -0.3 is 5.32 Å². The highest BCUT2D eigenvalue weighted by Gasteiger charge is 2.11. The average molecular weight is 267 g/mol. The molecule has 86 valence electrons. The summed E-state index contributed by atoms with van der Waals surface area (Å²) < 4.78 is 0. The molecule has 1 aromatic heterocycles. The lowest BCUT2D eigenvalue weighted by Gasteiger charge is -2.18. The van der Waals surface area contributed by atoms with E-state index in [4.69, 9.17) is 11.6 Å². The molecule has 1 N–H and O–H groups in total. The van der Waals surface area contributed by atoms with E-state index in [2.05, 4.69) is 15.6 Å². The van der Waals surface area contributed by atoms with Gasteiger partial charge in [-0.2, -0.15) is 0 Å². The molecule has 2 heterocycles. The molecule has 1 aliphatic heterocycles. The third-order valence-corrected chi connectivity index (χ3v) is 3.86. The fraction of sp³-hybridized carbons (Fsp3) is 0.600. The van der Waals surface area contributed by atoms with E-state index in [9.17, 15) is 0 Å². The molecule has 0 aliphatic carbocycles. The van der Waals surface area contributed by atoms with Crippen LogP contribution in [-0.2, 0) is 6.54 Å². The number of nitrogens with zero attached hydrogens (tertiary/aromatic N) is 1. The Morgan fingerprint density at radius 2 is 2.27 bits per heavy atom. The van der Waals surface area contributed by atoms with Gasteiger partial charge in [-0.05, 0) is 31.0 Å². The molecule has 5 heteroatoms. The second kappa shape index (κ2) is 6.71. The van der Waals surface area contributed by atoms with Gasteiger partial charge in [-0.15, -0.1) is 23.7 Å². The normalized spacial score (nSPS) is 18.2. The zero-order valence-corrected chi connectivity index (χ0v) is 10.9. The molecule has 0 aromatic carbocycles. The summed E-state index contributed by atoms with van der Waals surface area (Å²) in [5.74, 6) is 0. The minimum absolute atomic E-state index is 0. The maximum absolute atomic E-state index is 6.07. The molecule has 1 aliphatic rings. The van der Waals surface area contributed by atoms with Gasteiger partial charge in [-0.1, -0.05) is 11.6 Å². The Kier molecular flexibility index (Phi) is 5.94. The molecule has 1 fully saturated rings. The number of nitrogens with one attached hydrogen (secondary N) is 1. The van der Waals surface area contributed by atoms with Crippen LogP contribution in [-0.4, -0.2) is 31.1 Å². The summed E-state index contributed by atoms with van der Waals surface area (Å²) in [6.45, 7) is 5.57. The fourth-order valence-corrected chi connectivity index (χ4v) is 2.84. The monoisotopic (exact) mass is 266 g/mol. The molecule has 2 nitrogen and oxygen atoms in total. The van der Waals surface area contributed by atoms with E-state index in [-0.39, 0.29) is 12.4 Å². The Balaban J connectivity index is 0.00000112. The fourth-order valence-electron chi connectivity index (χ4n) is 1.70. The molecule has 1 saturated heterocycles. The molecule has 0 amide bonds. The van der Waals surface area contributed by atoms with E-state index in [1.807, 2.05) is 6.07 Å². The molecular formula is C10H16Cl2N2S. The van der Waals surface area contributed by atoms with Gasteiger partial charge in [0.25, 0.3) is 0 Å². The van der Waals surface area contributed by atoms with Gasteiger partial charge in [-0.25, -0.2) is 0 Å². The quantitative estimate of drug-likeness (QED) is 0.886. The van der Waals surface area contributed by atoms with Gasteiger partial charge in [0.2, 0.25) is 0 Å². The van der Waals surface area contributed by atoms with Crippen molar-refractivity contribution in [2.24, 2.45) is 0 Å². The van der Waals surface area contributed by atoms with Crippen LogP contribution in [0, 0.1) is 0 Å². The molecule has 0 spiro atoms. The minimum atomic E-state index is 0. The van der Waals surface area contributed by atoms with Crippen molar-refractivity contribution in [2.45, 2.75) is 13.0 Å². The predicted octanol–water partition coefficient (Wildman–Crippen LogP) is 2.62. The first-order valence-corrected chi connectivity index (χ1v) is 6.27. The summed E-state index contributed by atoms with van der Waals surface area (Å²) in [5, 5.41) is 6.39. The van der Waals surface area contributed by atoms with E-state index < -0.39 is 0 Å². The van der Waals surface area contributed by atoms with E-state index in [0.29, 0.717) is 0 Å². The number of thiophene rings is 1. The van der Waals surface area contributed by atoms with Crippen LogP contribution in [0.15, 0.2) is 11.4 Å². The molecular weight excluding hydrogens is 251 g/mol. The molecule has 0 atom stereocenters. The van der Waals surface area contributed by atoms with E-state index >= 15 is 0 Å². The number of rotatable bonds is 2. The molecule has 0 bridgehead atoms. The molecule has 0 saturated carbocycles. The molecule has 15 heavy (non-hydrogen) atoms. The van der Waals surface area contributed by atoms with Gasteiger partial charge in [0.15, 0.2) is 0 Å². The summed E-state index contributed by atoms with van der Waals surface area (Å²) in [4.78, 5) is 3.77. The van der Waals surface area contributed by atoms with Gasteiger partial charge in [0.1, 0.15) is 0 Å². The Bertz CT molecular complexity index is 283. The van der Waals surface area contributed by atoms with Crippen LogP contribution in [0.5, 0.6) is 0 Å². The van der Waals surface area contributed by atoms with Crippen LogP contribution in [0.25, 0.3) is 0 Å². The molecule has 2 rings (SSSR count). The van der Waals surface area contributed by atoms with Crippen molar-refractivity contribution in [1.29, 1.82) is 0 Å². The summed E-state index contributed by atoms with van der Waals surface area (Å²) in [7, 11) is 0. The highest BCUT2D eigenvalue weighted by Crippen LogP contribution is 2.23. The van der Waals surface area contributed by atoms with Crippen molar-refractivity contribution in [3.05, 3.63) is 21.3 Å². The predicted molar refractivity (Wildman–Crippen MR) is 69.3 cm³/mol. The molecule has 0 unspecified atom stereocenters. The first kappa shape index (κ1) is 13.3. The lowest BCUT2D eigenvalue weighted by Crippen LogP contribution is -2.27. The number of hydrogen-bond acceptors (Lipinski definition) is 3. The summed E-state index contributed by atoms with van der Waals surface area (Å²) in [6.07, 6.45) is 1.24.